The van der Waals surface area contributed by atoms with Gasteiger partial charge in [0.15, 0.2) is 0 Å². The lowest BCUT2D eigenvalue weighted by molar-refractivity contribution is 0.122. The molecular formula is C21H25N7O. The molecule has 2 saturated heterocycles. The van der Waals surface area contributed by atoms with Gasteiger partial charge in [-0.3, -0.25) is 4.98 Å². The van der Waals surface area contributed by atoms with Crippen LogP contribution in [0.5, 0.6) is 0 Å². The van der Waals surface area contributed by atoms with Crippen molar-refractivity contribution in [2.24, 2.45) is 5.92 Å². The van der Waals surface area contributed by atoms with E-state index in [0.717, 1.165) is 74.9 Å². The van der Waals surface area contributed by atoms with E-state index in [1.807, 2.05) is 18.3 Å². The average molecular weight is 391 g/mol. The molecule has 8 nitrogen and oxygen atoms in total. The van der Waals surface area contributed by atoms with Crippen LogP contribution >= 0.6 is 0 Å². The molecule has 1 N–H and O–H groups in total. The highest BCUT2D eigenvalue weighted by Crippen LogP contribution is 2.31. The monoisotopic (exact) mass is 391 g/mol. The topological polar surface area (TPSA) is 79.3 Å². The first-order chi connectivity index (χ1) is 14.4. The van der Waals surface area contributed by atoms with Gasteiger partial charge in [-0.1, -0.05) is 0 Å². The highest BCUT2D eigenvalue weighted by molar-refractivity contribution is 5.91. The van der Waals surface area contributed by atoms with Crippen LogP contribution in [-0.2, 0) is 4.74 Å². The molecule has 0 bridgehead atoms. The molecule has 29 heavy (non-hydrogen) atoms. The fourth-order valence-electron chi connectivity index (χ4n) is 4.06. The first-order valence-corrected chi connectivity index (χ1v) is 10.2. The minimum Gasteiger partial charge on any atom is -0.378 e. The Morgan fingerprint density at radius 2 is 1.83 bits per heavy atom. The summed E-state index contributed by atoms with van der Waals surface area (Å²) in [6.07, 6.45) is 6.49. The summed E-state index contributed by atoms with van der Waals surface area (Å²) in [6.45, 7) is 6.05. The van der Waals surface area contributed by atoms with Crippen molar-refractivity contribution < 1.29 is 4.74 Å². The summed E-state index contributed by atoms with van der Waals surface area (Å²) in [5, 5.41) is 4.47. The quantitative estimate of drug-likeness (QED) is 0.709. The maximum Gasteiger partial charge on any atom is 0.222 e. The minimum atomic E-state index is 0.527. The molecule has 5 rings (SSSR count). The zero-order valence-electron chi connectivity index (χ0n) is 16.4. The van der Waals surface area contributed by atoms with E-state index in [1.54, 1.807) is 12.4 Å². The number of nitrogens with one attached hydrogen (secondary N) is 1. The van der Waals surface area contributed by atoms with Gasteiger partial charge in [0.2, 0.25) is 5.95 Å². The van der Waals surface area contributed by atoms with Crippen molar-refractivity contribution in [1.82, 2.24) is 19.9 Å². The van der Waals surface area contributed by atoms with E-state index >= 15 is 0 Å². The van der Waals surface area contributed by atoms with Crippen molar-refractivity contribution in [3.05, 3.63) is 42.9 Å². The molecule has 0 radical (unpaired) electrons. The molecule has 150 valence electrons. The number of pyridine rings is 2. The van der Waals surface area contributed by atoms with Gasteiger partial charge in [-0.05, 0) is 30.5 Å². The summed E-state index contributed by atoms with van der Waals surface area (Å²) in [7, 11) is 0. The molecule has 0 saturated carbocycles. The average Bonchev–Trinajstić information content (AvgIpc) is 3.27. The second-order valence-corrected chi connectivity index (χ2v) is 7.53. The summed E-state index contributed by atoms with van der Waals surface area (Å²) >= 11 is 0. The van der Waals surface area contributed by atoms with Gasteiger partial charge in [0.05, 0.1) is 18.7 Å². The zero-order valence-corrected chi connectivity index (χ0v) is 16.4. The second kappa shape index (κ2) is 8.16. The normalized spacial score (nSPS) is 19.7. The van der Waals surface area contributed by atoms with Crippen molar-refractivity contribution in [2.75, 3.05) is 61.1 Å². The van der Waals surface area contributed by atoms with E-state index in [4.69, 9.17) is 9.72 Å². The molecule has 5 heterocycles. The van der Waals surface area contributed by atoms with Gasteiger partial charge in [0.1, 0.15) is 11.6 Å². The predicted octanol–water partition coefficient (Wildman–Crippen LogP) is 2.19. The van der Waals surface area contributed by atoms with Crippen LogP contribution in [0.3, 0.4) is 0 Å². The third-order valence-corrected chi connectivity index (χ3v) is 5.60. The van der Waals surface area contributed by atoms with E-state index in [2.05, 4.69) is 42.2 Å². The number of nitrogens with zero attached hydrogens (tertiary/aromatic N) is 6. The third kappa shape index (κ3) is 3.93. The van der Waals surface area contributed by atoms with Crippen molar-refractivity contribution in [2.45, 2.75) is 6.42 Å². The lowest BCUT2D eigenvalue weighted by Gasteiger charge is -2.29. The number of hydrogen-bond acceptors (Lipinski definition) is 8. The number of ether oxygens (including phenoxy) is 1. The highest BCUT2D eigenvalue weighted by atomic mass is 16.5. The van der Waals surface area contributed by atoms with Gasteiger partial charge in [-0.15, -0.1) is 0 Å². The van der Waals surface area contributed by atoms with Crippen molar-refractivity contribution >= 4 is 28.5 Å². The first-order valence-electron chi connectivity index (χ1n) is 10.2. The molecular weight excluding hydrogens is 366 g/mol. The van der Waals surface area contributed by atoms with Gasteiger partial charge in [0, 0.05) is 62.8 Å². The smallest absolute Gasteiger partial charge is 0.222 e. The van der Waals surface area contributed by atoms with E-state index in [1.165, 1.54) is 0 Å². The van der Waals surface area contributed by atoms with E-state index in [-0.39, 0.29) is 0 Å². The molecule has 2 aliphatic rings. The van der Waals surface area contributed by atoms with Crippen LogP contribution < -0.4 is 15.1 Å². The van der Waals surface area contributed by atoms with Crippen LogP contribution in [0.2, 0.25) is 0 Å². The molecule has 2 aliphatic heterocycles. The van der Waals surface area contributed by atoms with E-state index < -0.39 is 0 Å². The Labute approximate surface area is 170 Å². The SMILES string of the molecule is c1cnc(NCC2CCN(c3nc(N4CCOCC4)cc4ncccc34)C2)nc1. The second-order valence-electron chi connectivity index (χ2n) is 7.53. The number of fused-ring (bicyclic) bond motifs is 1. The standard InChI is InChI=1S/C21H25N7O/c1-3-17-18(22-5-1)13-19(27-9-11-29-12-10-27)26-20(17)28-8-4-16(15-28)14-25-21-23-6-2-7-24-21/h1-3,5-7,13,16H,4,8-12,14-15H2,(H,23,24,25). The Bertz CT molecular complexity index is 962. The summed E-state index contributed by atoms with van der Waals surface area (Å²) in [4.78, 5) is 22.9. The lowest BCUT2D eigenvalue weighted by Crippen LogP contribution is -2.37. The van der Waals surface area contributed by atoms with Crippen LogP contribution in [0.4, 0.5) is 17.6 Å². The molecule has 1 unspecified atom stereocenters. The van der Waals surface area contributed by atoms with Crippen LogP contribution in [0.1, 0.15) is 6.42 Å². The summed E-state index contributed by atoms with van der Waals surface area (Å²) in [5.41, 5.74) is 0.998. The molecule has 8 heteroatoms. The number of aromatic nitrogens is 4. The fraction of sp³-hybridized carbons (Fsp3) is 0.429. The Balaban J connectivity index is 1.36. The van der Waals surface area contributed by atoms with E-state index in [0.29, 0.717) is 11.9 Å². The summed E-state index contributed by atoms with van der Waals surface area (Å²) in [6, 6.07) is 8.04. The Hall–Kier alpha value is -3.00. The molecule has 0 spiro atoms. The van der Waals surface area contributed by atoms with Gasteiger partial charge in [0.25, 0.3) is 0 Å². The molecule has 0 aliphatic carbocycles. The maximum atomic E-state index is 5.50. The van der Waals surface area contributed by atoms with Crippen LogP contribution in [-0.4, -0.2) is 65.9 Å². The molecule has 0 aromatic carbocycles. The molecule has 0 amide bonds. The van der Waals surface area contributed by atoms with Crippen LogP contribution in [0, 0.1) is 5.92 Å². The molecule has 1 atom stereocenters. The van der Waals surface area contributed by atoms with Crippen molar-refractivity contribution in [3.8, 4) is 0 Å². The summed E-state index contributed by atoms with van der Waals surface area (Å²) < 4.78 is 5.50. The molecule has 3 aromatic heterocycles. The molecule has 2 fully saturated rings. The largest absolute Gasteiger partial charge is 0.378 e. The van der Waals surface area contributed by atoms with Gasteiger partial charge >= 0.3 is 0 Å². The Morgan fingerprint density at radius 3 is 2.69 bits per heavy atom. The lowest BCUT2D eigenvalue weighted by atomic mass is 10.1. The minimum absolute atomic E-state index is 0.527. The van der Waals surface area contributed by atoms with Gasteiger partial charge in [-0.25, -0.2) is 15.0 Å². The summed E-state index contributed by atoms with van der Waals surface area (Å²) in [5.74, 6) is 3.25. The van der Waals surface area contributed by atoms with Crippen molar-refractivity contribution in [1.29, 1.82) is 0 Å². The number of anilines is 3. The number of morpholine rings is 1. The highest BCUT2D eigenvalue weighted by Gasteiger charge is 2.26. The number of rotatable bonds is 5. The molecule has 3 aromatic rings. The first kappa shape index (κ1) is 18.1. The Morgan fingerprint density at radius 1 is 1.00 bits per heavy atom. The van der Waals surface area contributed by atoms with Crippen LogP contribution in [0.15, 0.2) is 42.9 Å². The predicted molar refractivity (Wildman–Crippen MR) is 113 cm³/mol. The van der Waals surface area contributed by atoms with Gasteiger partial charge in [-0.2, -0.15) is 0 Å². The Kier molecular flexibility index (Phi) is 5.08. The van der Waals surface area contributed by atoms with E-state index in [9.17, 15) is 0 Å². The maximum absolute atomic E-state index is 5.50. The number of hydrogen-bond donors (Lipinski definition) is 1. The fourth-order valence-corrected chi connectivity index (χ4v) is 4.06. The van der Waals surface area contributed by atoms with Crippen molar-refractivity contribution in [3.63, 3.8) is 0 Å². The zero-order chi connectivity index (χ0) is 19.5. The van der Waals surface area contributed by atoms with Crippen LogP contribution in [0.25, 0.3) is 10.9 Å². The third-order valence-electron chi connectivity index (χ3n) is 5.60. The van der Waals surface area contributed by atoms with Gasteiger partial charge < -0.3 is 19.9 Å².